The standard InChI is InChI=1S/C17H26N2OS/c1-17(2)12-19(16(20)15(18)9-10-21-3)11-14(17)13-7-5-4-6-8-13/h4-8,14-15H,9-12,18H2,1-3H3/t14-,15-/m1/s1. The molecule has 0 spiro atoms. The maximum absolute atomic E-state index is 12.5. The summed E-state index contributed by atoms with van der Waals surface area (Å²) < 4.78 is 0. The summed E-state index contributed by atoms with van der Waals surface area (Å²) in [6.07, 6.45) is 2.80. The van der Waals surface area contributed by atoms with Crippen molar-refractivity contribution < 1.29 is 4.79 Å². The zero-order chi connectivity index (χ0) is 15.5. The monoisotopic (exact) mass is 306 g/mol. The van der Waals surface area contributed by atoms with E-state index in [0.717, 1.165) is 25.3 Å². The minimum atomic E-state index is -0.359. The second-order valence-electron chi connectivity index (χ2n) is 6.56. The van der Waals surface area contributed by atoms with Gasteiger partial charge in [0.15, 0.2) is 0 Å². The zero-order valence-corrected chi connectivity index (χ0v) is 14.0. The van der Waals surface area contributed by atoms with Crippen LogP contribution in [-0.2, 0) is 4.79 Å². The molecule has 0 bridgehead atoms. The molecule has 0 aromatic heterocycles. The van der Waals surface area contributed by atoms with E-state index >= 15 is 0 Å². The van der Waals surface area contributed by atoms with Gasteiger partial charge in [-0.1, -0.05) is 44.2 Å². The van der Waals surface area contributed by atoms with Crippen LogP contribution in [0.4, 0.5) is 0 Å². The highest BCUT2D eigenvalue weighted by Gasteiger charge is 2.42. The van der Waals surface area contributed by atoms with Gasteiger partial charge in [0.05, 0.1) is 6.04 Å². The van der Waals surface area contributed by atoms with Gasteiger partial charge in [0.25, 0.3) is 0 Å². The number of benzene rings is 1. The first-order valence-electron chi connectivity index (χ1n) is 7.54. The van der Waals surface area contributed by atoms with Crippen LogP contribution in [0.25, 0.3) is 0 Å². The molecule has 2 rings (SSSR count). The number of carbonyl (C=O) groups excluding carboxylic acids is 1. The van der Waals surface area contributed by atoms with Crippen molar-refractivity contribution in [1.82, 2.24) is 4.90 Å². The Morgan fingerprint density at radius 2 is 2.10 bits per heavy atom. The van der Waals surface area contributed by atoms with Crippen LogP contribution in [0.2, 0.25) is 0 Å². The molecule has 1 fully saturated rings. The predicted octanol–water partition coefficient (Wildman–Crippen LogP) is 2.72. The van der Waals surface area contributed by atoms with Gasteiger partial charge in [0.1, 0.15) is 0 Å². The molecule has 1 saturated heterocycles. The topological polar surface area (TPSA) is 46.3 Å². The molecule has 0 unspecified atom stereocenters. The molecule has 4 heteroatoms. The van der Waals surface area contributed by atoms with E-state index in [0.29, 0.717) is 5.92 Å². The normalized spacial score (nSPS) is 22.3. The van der Waals surface area contributed by atoms with Gasteiger partial charge in [-0.3, -0.25) is 4.79 Å². The number of rotatable bonds is 5. The number of nitrogens with zero attached hydrogens (tertiary/aromatic N) is 1. The first-order chi connectivity index (χ1) is 9.95. The molecule has 116 valence electrons. The molecule has 1 aliphatic rings. The minimum absolute atomic E-state index is 0.0935. The first-order valence-corrected chi connectivity index (χ1v) is 8.93. The Labute approximate surface area is 132 Å². The average molecular weight is 306 g/mol. The Kier molecular flexibility index (Phi) is 5.33. The Morgan fingerprint density at radius 3 is 2.71 bits per heavy atom. The molecule has 2 atom stereocenters. The fourth-order valence-electron chi connectivity index (χ4n) is 3.15. The molecule has 2 N–H and O–H groups in total. The van der Waals surface area contributed by atoms with Gasteiger partial charge < -0.3 is 10.6 Å². The molecule has 3 nitrogen and oxygen atoms in total. The van der Waals surface area contributed by atoms with Crippen molar-refractivity contribution in [3.63, 3.8) is 0 Å². The third-order valence-electron chi connectivity index (χ3n) is 4.41. The van der Waals surface area contributed by atoms with Crippen LogP contribution in [-0.4, -0.2) is 41.9 Å². The van der Waals surface area contributed by atoms with E-state index < -0.39 is 0 Å². The Morgan fingerprint density at radius 1 is 1.43 bits per heavy atom. The molecular formula is C17H26N2OS. The van der Waals surface area contributed by atoms with Crippen molar-refractivity contribution in [2.24, 2.45) is 11.1 Å². The minimum Gasteiger partial charge on any atom is -0.340 e. The van der Waals surface area contributed by atoms with Crippen LogP contribution in [0.3, 0.4) is 0 Å². The SMILES string of the molecule is CSCC[C@@H](N)C(=O)N1C[C@H](c2ccccc2)C(C)(C)C1. The van der Waals surface area contributed by atoms with Gasteiger partial charge in [-0.2, -0.15) is 11.8 Å². The van der Waals surface area contributed by atoms with Crippen LogP contribution >= 0.6 is 11.8 Å². The van der Waals surface area contributed by atoms with Gasteiger partial charge in [-0.15, -0.1) is 0 Å². The van der Waals surface area contributed by atoms with E-state index in [4.69, 9.17) is 5.73 Å². The number of hydrogen-bond acceptors (Lipinski definition) is 3. The van der Waals surface area contributed by atoms with Crippen LogP contribution in [0.1, 0.15) is 31.7 Å². The Balaban J connectivity index is 2.07. The van der Waals surface area contributed by atoms with Gasteiger partial charge in [0.2, 0.25) is 5.91 Å². The van der Waals surface area contributed by atoms with Crippen molar-refractivity contribution in [3.8, 4) is 0 Å². The van der Waals surface area contributed by atoms with Gasteiger partial charge in [0, 0.05) is 19.0 Å². The molecule has 1 aromatic rings. The van der Waals surface area contributed by atoms with Crippen LogP contribution < -0.4 is 5.73 Å². The zero-order valence-electron chi connectivity index (χ0n) is 13.2. The van der Waals surface area contributed by atoms with Crippen LogP contribution in [0.15, 0.2) is 30.3 Å². The summed E-state index contributed by atoms with van der Waals surface area (Å²) in [4.78, 5) is 14.5. The molecule has 21 heavy (non-hydrogen) atoms. The number of thioether (sulfide) groups is 1. The van der Waals surface area contributed by atoms with Gasteiger partial charge in [-0.05, 0) is 29.4 Å². The molecular weight excluding hydrogens is 280 g/mol. The number of amides is 1. The highest BCUT2D eigenvalue weighted by atomic mass is 32.2. The van der Waals surface area contributed by atoms with E-state index in [1.54, 1.807) is 11.8 Å². The van der Waals surface area contributed by atoms with Crippen LogP contribution in [0, 0.1) is 5.41 Å². The van der Waals surface area contributed by atoms with E-state index in [-0.39, 0.29) is 17.4 Å². The summed E-state index contributed by atoms with van der Waals surface area (Å²) in [6, 6.07) is 10.1. The molecule has 1 heterocycles. The maximum atomic E-state index is 12.5. The summed E-state index contributed by atoms with van der Waals surface area (Å²) in [7, 11) is 0. The lowest BCUT2D eigenvalue weighted by Crippen LogP contribution is -2.43. The Bertz CT molecular complexity index is 475. The van der Waals surface area contributed by atoms with Gasteiger partial charge in [-0.25, -0.2) is 0 Å². The molecule has 1 aromatic carbocycles. The van der Waals surface area contributed by atoms with Crippen molar-refractivity contribution in [2.75, 3.05) is 25.1 Å². The smallest absolute Gasteiger partial charge is 0.239 e. The second-order valence-corrected chi connectivity index (χ2v) is 7.54. The fraction of sp³-hybridized carbons (Fsp3) is 0.588. The molecule has 0 saturated carbocycles. The van der Waals surface area contributed by atoms with E-state index in [1.807, 2.05) is 17.2 Å². The van der Waals surface area contributed by atoms with Crippen molar-refractivity contribution >= 4 is 17.7 Å². The highest BCUT2D eigenvalue weighted by molar-refractivity contribution is 7.98. The number of hydrogen-bond donors (Lipinski definition) is 1. The van der Waals surface area contributed by atoms with Crippen LogP contribution in [0.5, 0.6) is 0 Å². The number of likely N-dealkylation sites (tertiary alicyclic amines) is 1. The number of carbonyl (C=O) groups is 1. The van der Waals surface area contributed by atoms with E-state index in [9.17, 15) is 4.79 Å². The summed E-state index contributed by atoms with van der Waals surface area (Å²) in [5.41, 5.74) is 7.46. The summed E-state index contributed by atoms with van der Waals surface area (Å²) in [5.74, 6) is 1.43. The second kappa shape index (κ2) is 6.84. The molecule has 1 amide bonds. The largest absolute Gasteiger partial charge is 0.340 e. The van der Waals surface area contributed by atoms with E-state index in [1.165, 1.54) is 5.56 Å². The van der Waals surface area contributed by atoms with Crippen molar-refractivity contribution in [3.05, 3.63) is 35.9 Å². The average Bonchev–Trinajstić information content (AvgIpc) is 2.80. The maximum Gasteiger partial charge on any atom is 0.239 e. The fourth-order valence-corrected chi connectivity index (χ4v) is 3.64. The molecule has 0 aliphatic carbocycles. The van der Waals surface area contributed by atoms with Gasteiger partial charge >= 0.3 is 0 Å². The van der Waals surface area contributed by atoms with E-state index in [2.05, 4.69) is 38.1 Å². The summed E-state index contributed by atoms with van der Waals surface area (Å²) in [6.45, 7) is 6.05. The highest BCUT2D eigenvalue weighted by Crippen LogP contribution is 2.42. The lowest BCUT2D eigenvalue weighted by atomic mass is 9.78. The van der Waals surface area contributed by atoms with Crippen molar-refractivity contribution in [1.29, 1.82) is 0 Å². The molecule has 0 radical (unpaired) electrons. The lowest BCUT2D eigenvalue weighted by Gasteiger charge is -2.25. The Hall–Kier alpha value is -1.00. The number of nitrogens with two attached hydrogens (primary N) is 1. The predicted molar refractivity (Wildman–Crippen MR) is 90.5 cm³/mol. The quantitative estimate of drug-likeness (QED) is 0.910. The first kappa shape index (κ1) is 16.4. The third kappa shape index (κ3) is 3.80. The van der Waals surface area contributed by atoms with Crippen molar-refractivity contribution in [2.45, 2.75) is 32.2 Å². The lowest BCUT2D eigenvalue weighted by molar-refractivity contribution is -0.131. The molecule has 1 aliphatic heterocycles. The third-order valence-corrected chi connectivity index (χ3v) is 5.05. The summed E-state index contributed by atoms with van der Waals surface area (Å²) >= 11 is 1.74. The summed E-state index contributed by atoms with van der Waals surface area (Å²) in [5, 5.41) is 0.